The molecule has 0 aromatic carbocycles. The molecule has 1 saturated carbocycles. The van der Waals surface area contributed by atoms with Crippen molar-refractivity contribution in [3.05, 3.63) is 0 Å². The van der Waals surface area contributed by atoms with Crippen LogP contribution in [0.3, 0.4) is 0 Å². The molecule has 20 heavy (non-hydrogen) atoms. The van der Waals surface area contributed by atoms with Crippen LogP contribution in [0.2, 0.25) is 0 Å². The molecule has 6 heteroatoms. The topological polar surface area (TPSA) is 75.4 Å². The summed E-state index contributed by atoms with van der Waals surface area (Å²) in [4.78, 5) is 26.2. The summed E-state index contributed by atoms with van der Waals surface area (Å²) in [5.41, 5.74) is 5.12. The molecule has 1 aliphatic heterocycles. The van der Waals surface area contributed by atoms with E-state index in [0.29, 0.717) is 13.1 Å². The van der Waals surface area contributed by atoms with Crippen LogP contribution >= 0.6 is 11.8 Å². The maximum Gasteiger partial charge on any atom is 0.325 e. The van der Waals surface area contributed by atoms with E-state index in [0.717, 1.165) is 43.6 Å². The highest BCUT2D eigenvalue weighted by atomic mass is 32.2. The van der Waals surface area contributed by atoms with Crippen molar-refractivity contribution in [1.82, 2.24) is 10.2 Å². The summed E-state index contributed by atoms with van der Waals surface area (Å²) < 4.78 is 0. The van der Waals surface area contributed by atoms with Crippen LogP contribution < -0.4 is 11.1 Å². The zero-order valence-electron chi connectivity index (χ0n) is 12.2. The molecule has 1 heterocycles. The molecule has 3 N–H and O–H groups in total. The summed E-state index contributed by atoms with van der Waals surface area (Å²) in [5, 5.41) is 2.96. The van der Waals surface area contributed by atoms with Crippen LogP contribution in [0.5, 0.6) is 0 Å². The molecule has 2 aliphatic rings. The van der Waals surface area contributed by atoms with E-state index in [1.807, 2.05) is 11.8 Å². The van der Waals surface area contributed by atoms with Gasteiger partial charge in [-0.05, 0) is 37.3 Å². The minimum Gasteiger partial charge on any atom is -0.330 e. The molecule has 1 aliphatic carbocycles. The van der Waals surface area contributed by atoms with Crippen LogP contribution in [0.15, 0.2) is 0 Å². The molecule has 0 aromatic heterocycles. The van der Waals surface area contributed by atoms with Crippen molar-refractivity contribution in [3.8, 4) is 0 Å². The van der Waals surface area contributed by atoms with E-state index in [-0.39, 0.29) is 17.9 Å². The number of thioether (sulfide) groups is 1. The quantitative estimate of drug-likeness (QED) is 0.576. The molecule has 5 nitrogen and oxygen atoms in total. The van der Waals surface area contributed by atoms with Gasteiger partial charge in [-0.1, -0.05) is 19.8 Å². The van der Waals surface area contributed by atoms with Crippen molar-refractivity contribution in [3.63, 3.8) is 0 Å². The molecule has 3 amide bonds. The highest BCUT2D eigenvalue weighted by molar-refractivity contribution is 7.99. The Morgan fingerprint density at radius 2 is 2.25 bits per heavy atom. The maximum atomic E-state index is 12.7. The Kier molecular flexibility index (Phi) is 5.32. The van der Waals surface area contributed by atoms with Gasteiger partial charge in [0.05, 0.1) is 0 Å². The third kappa shape index (κ3) is 2.81. The summed E-state index contributed by atoms with van der Waals surface area (Å²) >= 11 is 1.84. The van der Waals surface area contributed by atoms with Gasteiger partial charge in [-0.15, -0.1) is 0 Å². The van der Waals surface area contributed by atoms with Gasteiger partial charge < -0.3 is 11.1 Å². The Balaban J connectivity index is 2.03. The fourth-order valence-corrected chi connectivity index (χ4v) is 3.95. The van der Waals surface area contributed by atoms with Gasteiger partial charge in [0.2, 0.25) is 0 Å². The molecule has 2 rings (SSSR count). The highest BCUT2D eigenvalue weighted by Gasteiger charge is 2.55. The number of amides is 3. The van der Waals surface area contributed by atoms with E-state index in [4.69, 9.17) is 5.73 Å². The first-order chi connectivity index (χ1) is 9.65. The first-order valence-electron chi connectivity index (χ1n) is 7.57. The predicted octanol–water partition coefficient (Wildman–Crippen LogP) is 1.57. The average Bonchev–Trinajstić information content (AvgIpc) is 2.68. The minimum absolute atomic E-state index is 0.0425. The van der Waals surface area contributed by atoms with E-state index in [9.17, 15) is 9.59 Å². The predicted molar refractivity (Wildman–Crippen MR) is 81.6 cm³/mol. The first kappa shape index (κ1) is 15.6. The zero-order chi connectivity index (χ0) is 14.6. The number of rotatable bonds is 6. The fourth-order valence-electron chi connectivity index (χ4n) is 3.33. The van der Waals surface area contributed by atoms with E-state index in [1.165, 1.54) is 4.90 Å². The van der Waals surface area contributed by atoms with Gasteiger partial charge in [0.15, 0.2) is 0 Å². The zero-order valence-corrected chi connectivity index (χ0v) is 13.0. The third-order valence-corrected chi connectivity index (χ3v) is 5.42. The first-order valence-corrected chi connectivity index (χ1v) is 8.73. The van der Waals surface area contributed by atoms with Gasteiger partial charge in [0, 0.05) is 12.5 Å². The molecule has 0 radical (unpaired) electrons. The summed E-state index contributed by atoms with van der Waals surface area (Å²) in [6, 6.07) is -0.225. The van der Waals surface area contributed by atoms with Crippen LogP contribution in [0, 0.1) is 5.92 Å². The van der Waals surface area contributed by atoms with E-state index in [1.54, 1.807) is 0 Å². The van der Waals surface area contributed by atoms with E-state index >= 15 is 0 Å². The van der Waals surface area contributed by atoms with Crippen molar-refractivity contribution in [2.24, 2.45) is 11.7 Å². The summed E-state index contributed by atoms with van der Waals surface area (Å²) in [5.74, 6) is 2.10. The molecule has 2 atom stereocenters. The minimum atomic E-state index is -0.706. The molecule has 2 fully saturated rings. The van der Waals surface area contributed by atoms with E-state index in [2.05, 4.69) is 12.2 Å². The lowest BCUT2D eigenvalue weighted by Gasteiger charge is -2.38. The van der Waals surface area contributed by atoms with Crippen molar-refractivity contribution >= 4 is 23.7 Å². The van der Waals surface area contributed by atoms with Crippen molar-refractivity contribution < 1.29 is 9.59 Å². The van der Waals surface area contributed by atoms with Gasteiger partial charge >= 0.3 is 6.03 Å². The Hall–Kier alpha value is -0.750. The molecule has 114 valence electrons. The number of urea groups is 1. The van der Waals surface area contributed by atoms with Gasteiger partial charge in [0.1, 0.15) is 5.54 Å². The summed E-state index contributed by atoms with van der Waals surface area (Å²) in [7, 11) is 0. The molecule has 1 spiro atoms. The van der Waals surface area contributed by atoms with Crippen molar-refractivity contribution in [2.45, 2.75) is 44.6 Å². The smallest absolute Gasteiger partial charge is 0.325 e. The number of imide groups is 1. The Morgan fingerprint density at radius 1 is 1.45 bits per heavy atom. The lowest BCUT2D eigenvalue weighted by molar-refractivity contribution is -0.134. The van der Waals surface area contributed by atoms with Gasteiger partial charge in [0.25, 0.3) is 5.91 Å². The molecule has 2 unspecified atom stereocenters. The SMILES string of the molecule is CCSCCCN1C(=O)NC2(CCCCC2CN)C1=O. The molecular formula is C14H25N3O2S. The second-order valence-corrected chi connectivity index (χ2v) is 6.98. The van der Waals surface area contributed by atoms with Gasteiger partial charge in [-0.2, -0.15) is 11.8 Å². The Labute approximate surface area is 125 Å². The van der Waals surface area contributed by atoms with Crippen LogP contribution in [0.1, 0.15) is 39.0 Å². The Bertz CT molecular complexity index is 377. The number of nitrogens with two attached hydrogens (primary N) is 1. The van der Waals surface area contributed by atoms with Crippen molar-refractivity contribution in [2.75, 3.05) is 24.6 Å². The van der Waals surface area contributed by atoms with Crippen molar-refractivity contribution in [1.29, 1.82) is 0 Å². The lowest BCUT2D eigenvalue weighted by Crippen LogP contribution is -2.57. The molecule has 1 saturated heterocycles. The van der Waals surface area contributed by atoms with Crippen LogP contribution in [0.25, 0.3) is 0 Å². The number of carbonyl (C=O) groups excluding carboxylic acids is 2. The number of hydrogen-bond donors (Lipinski definition) is 2. The number of nitrogens with one attached hydrogen (secondary N) is 1. The second-order valence-electron chi connectivity index (χ2n) is 5.59. The van der Waals surface area contributed by atoms with Gasteiger partial charge in [-0.25, -0.2) is 4.79 Å². The molecule has 0 aromatic rings. The second kappa shape index (κ2) is 6.80. The lowest BCUT2D eigenvalue weighted by atomic mass is 9.72. The van der Waals surface area contributed by atoms with Crippen LogP contribution in [-0.2, 0) is 4.79 Å². The van der Waals surface area contributed by atoms with Gasteiger partial charge in [-0.3, -0.25) is 9.69 Å². The van der Waals surface area contributed by atoms with Crippen LogP contribution in [0.4, 0.5) is 4.79 Å². The van der Waals surface area contributed by atoms with Crippen LogP contribution in [-0.4, -0.2) is 47.0 Å². The monoisotopic (exact) mass is 299 g/mol. The summed E-state index contributed by atoms with van der Waals surface area (Å²) in [6.07, 6.45) is 4.62. The summed E-state index contributed by atoms with van der Waals surface area (Å²) in [6.45, 7) is 3.10. The number of hydrogen-bond acceptors (Lipinski definition) is 4. The standard InChI is InChI=1S/C14H25N3O2S/c1-2-20-9-5-8-17-12(18)14(16-13(17)19)7-4-3-6-11(14)10-15/h11H,2-10,15H2,1H3,(H,16,19). The Morgan fingerprint density at radius 3 is 2.95 bits per heavy atom. The normalized spacial score (nSPS) is 30.1. The average molecular weight is 299 g/mol. The molecular weight excluding hydrogens is 274 g/mol. The third-order valence-electron chi connectivity index (χ3n) is 4.43. The van der Waals surface area contributed by atoms with E-state index < -0.39 is 5.54 Å². The largest absolute Gasteiger partial charge is 0.330 e. The highest BCUT2D eigenvalue weighted by Crippen LogP contribution is 2.38. The number of nitrogens with zero attached hydrogens (tertiary/aromatic N) is 1. The molecule has 0 bridgehead atoms. The maximum absolute atomic E-state index is 12.7. The fraction of sp³-hybridized carbons (Fsp3) is 0.857. The number of carbonyl (C=O) groups is 2.